The van der Waals surface area contributed by atoms with Crippen LogP contribution < -0.4 is 10.2 Å². The minimum Gasteiger partial charge on any atom is -0.359 e. The minimum atomic E-state index is -4.08. The topological polar surface area (TPSA) is 144 Å². The van der Waals surface area contributed by atoms with E-state index in [2.05, 4.69) is 103 Å². The van der Waals surface area contributed by atoms with Crippen LogP contribution in [0.5, 0.6) is 0 Å². The monoisotopic (exact) mass is 884 g/mol. The van der Waals surface area contributed by atoms with Gasteiger partial charge >= 0.3 is 0 Å². The molecule has 7 rings (SSSR count). The fraction of sp³-hybridized carbons (Fsp3) is 0.375. The standard InChI is InChI=1S/C48H54ClN3O7S2/c1-47(2)41(51(26-10-12-28-60(54,55)56)39-22-18-32-14-6-8-16-37(32)43(39)47)24-20-34-30-36(46(53)50-5)31-35(45(34)49)21-25-42-48(3,4)44-38-17-9-7-15-33(38)19-23-40(44)52(42)27-11-13-29-61(57,58)59/h6-9,14-25,36H,10-13,26-31H2,1-5H3,(H2-,50,53,54,55,56,57,58,59)/p+1. The first-order chi connectivity index (χ1) is 28.8. The molecule has 2 aliphatic heterocycles. The Hall–Kier alpha value is -4.59. The number of allylic oxidation sites excluding steroid dienone is 8. The largest absolute Gasteiger partial charge is 0.359 e. The molecular weight excluding hydrogens is 830 g/mol. The van der Waals surface area contributed by atoms with Crippen LogP contribution in [-0.2, 0) is 35.9 Å². The third kappa shape index (κ3) is 9.15. The maximum atomic E-state index is 13.4. The lowest BCUT2D eigenvalue weighted by Crippen LogP contribution is -2.30. The van der Waals surface area contributed by atoms with Crippen molar-refractivity contribution in [3.05, 3.63) is 130 Å². The summed E-state index contributed by atoms with van der Waals surface area (Å²) in [7, 11) is -6.52. The number of carbonyl (C=O) groups is 1. The number of carbonyl (C=O) groups excluding carboxylic acids is 1. The van der Waals surface area contributed by atoms with Crippen LogP contribution >= 0.6 is 11.6 Å². The maximum Gasteiger partial charge on any atom is 0.264 e. The number of hydrogen-bond acceptors (Lipinski definition) is 6. The molecule has 1 amide bonds. The lowest BCUT2D eigenvalue weighted by atomic mass is 9.78. The van der Waals surface area contributed by atoms with Crippen LogP contribution in [0.2, 0.25) is 0 Å². The van der Waals surface area contributed by atoms with Crippen molar-refractivity contribution in [3.63, 3.8) is 0 Å². The molecule has 3 aliphatic rings. The molecule has 61 heavy (non-hydrogen) atoms. The molecular formula is C48H55ClN3O7S2+. The van der Waals surface area contributed by atoms with Crippen LogP contribution in [0.15, 0.2) is 119 Å². The van der Waals surface area contributed by atoms with Crippen molar-refractivity contribution in [2.75, 3.05) is 36.5 Å². The zero-order valence-electron chi connectivity index (χ0n) is 35.4. The molecule has 1 aliphatic carbocycles. The second kappa shape index (κ2) is 17.3. The van der Waals surface area contributed by atoms with E-state index in [1.807, 2.05) is 36.4 Å². The van der Waals surface area contributed by atoms with E-state index in [0.717, 1.165) is 55.5 Å². The first-order valence-corrected chi connectivity index (χ1v) is 24.5. The van der Waals surface area contributed by atoms with Gasteiger partial charge in [0.2, 0.25) is 11.6 Å². The maximum absolute atomic E-state index is 13.4. The second-order valence-corrected chi connectivity index (χ2v) is 20.9. The first kappa shape index (κ1) is 44.5. The molecule has 0 saturated carbocycles. The number of unbranched alkanes of at least 4 members (excludes halogenated alkanes) is 2. The summed E-state index contributed by atoms with van der Waals surface area (Å²) in [5, 5.41) is 7.95. The number of rotatable bonds is 14. The SMILES string of the molecule is CNC(=O)C1CC(/C=C/C2=[N+](CCCCS(=O)(=O)O)c3ccc4ccccc4c3C2(C)C)=C(Cl)C(=C/C=C2/N(CCCCS(=O)(=O)O)c3ccc4ccccc4c3C2(C)C)/C1. The minimum absolute atomic E-state index is 0.0812. The number of anilines is 1. The molecule has 1 atom stereocenters. The number of halogens is 1. The van der Waals surface area contributed by atoms with E-state index in [9.17, 15) is 30.7 Å². The van der Waals surface area contributed by atoms with Crippen LogP contribution in [0.1, 0.15) is 77.3 Å². The van der Waals surface area contributed by atoms with Gasteiger partial charge in [-0.3, -0.25) is 13.9 Å². The van der Waals surface area contributed by atoms with Crippen molar-refractivity contribution in [2.24, 2.45) is 5.92 Å². The van der Waals surface area contributed by atoms with Gasteiger partial charge in [0.25, 0.3) is 20.2 Å². The molecule has 322 valence electrons. The summed E-state index contributed by atoms with van der Waals surface area (Å²) in [6.45, 7) is 9.84. The van der Waals surface area contributed by atoms with E-state index in [1.54, 1.807) is 7.05 Å². The van der Waals surface area contributed by atoms with E-state index in [1.165, 1.54) is 11.1 Å². The zero-order valence-corrected chi connectivity index (χ0v) is 37.8. The zero-order chi connectivity index (χ0) is 43.9. The van der Waals surface area contributed by atoms with Crippen LogP contribution in [0.3, 0.4) is 0 Å². The van der Waals surface area contributed by atoms with Gasteiger partial charge in [0.05, 0.1) is 16.9 Å². The summed E-state index contributed by atoms with van der Waals surface area (Å²) in [5.41, 5.74) is 7.23. The van der Waals surface area contributed by atoms with Crippen LogP contribution in [0.4, 0.5) is 11.4 Å². The summed E-state index contributed by atoms with van der Waals surface area (Å²) in [6, 6.07) is 25.0. The van der Waals surface area contributed by atoms with Crippen LogP contribution in [0.25, 0.3) is 21.5 Å². The molecule has 1 unspecified atom stereocenters. The predicted molar refractivity (Wildman–Crippen MR) is 247 cm³/mol. The summed E-state index contributed by atoms with van der Waals surface area (Å²) in [5.74, 6) is -1.06. The summed E-state index contributed by atoms with van der Waals surface area (Å²) in [4.78, 5) is 15.6. The number of benzene rings is 4. The summed E-state index contributed by atoms with van der Waals surface area (Å²) < 4.78 is 67.3. The van der Waals surface area contributed by atoms with E-state index in [0.29, 0.717) is 56.6 Å². The molecule has 0 bridgehead atoms. The summed E-state index contributed by atoms with van der Waals surface area (Å²) >= 11 is 7.37. The van der Waals surface area contributed by atoms with E-state index < -0.39 is 31.1 Å². The highest BCUT2D eigenvalue weighted by Gasteiger charge is 2.46. The number of nitrogens with one attached hydrogen (secondary N) is 1. The van der Waals surface area contributed by atoms with Gasteiger partial charge in [-0.2, -0.15) is 21.4 Å². The number of amides is 1. The Kier molecular flexibility index (Phi) is 12.6. The summed E-state index contributed by atoms with van der Waals surface area (Å²) in [6.07, 6.45) is 10.8. The van der Waals surface area contributed by atoms with Crippen molar-refractivity contribution >= 4 is 76.4 Å². The molecule has 4 aromatic carbocycles. The Balaban J connectivity index is 1.30. The van der Waals surface area contributed by atoms with Gasteiger partial charge in [0, 0.05) is 65.5 Å². The highest BCUT2D eigenvalue weighted by Crippen LogP contribution is 2.51. The van der Waals surface area contributed by atoms with Crippen molar-refractivity contribution in [1.29, 1.82) is 0 Å². The smallest absolute Gasteiger partial charge is 0.264 e. The average molecular weight is 886 g/mol. The Morgan fingerprint density at radius 1 is 0.787 bits per heavy atom. The quantitative estimate of drug-likeness (QED) is 0.0646. The van der Waals surface area contributed by atoms with Gasteiger partial charge in [-0.1, -0.05) is 92.2 Å². The molecule has 4 aromatic rings. The van der Waals surface area contributed by atoms with Gasteiger partial charge in [-0.25, -0.2) is 0 Å². The molecule has 0 fully saturated rings. The number of fused-ring (bicyclic) bond motifs is 6. The van der Waals surface area contributed by atoms with Crippen molar-refractivity contribution in [3.8, 4) is 0 Å². The Morgan fingerprint density at radius 2 is 1.39 bits per heavy atom. The van der Waals surface area contributed by atoms with Crippen molar-refractivity contribution in [2.45, 2.75) is 77.0 Å². The van der Waals surface area contributed by atoms with Gasteiger partial charge in [0.1, 0.15) is 6.54 Å². The third-order valence-electron chi connectivity index (χ3n) is 12.6. The van der Waals surface area contributed by atoms with Gasteiger partial charge in [0.15, 0.2) is 5.71 Å². The lowest BCUT2D eigenvalue weighted by molar-refractivity contribution is -0.438. The first-order valence-electron chi connectivity index (χ1n) is 20.9. The fourth-order valence-electron chi connectivity index (χ4n) is 9.68. The molecule has 0 radical (unpaired) electrons. The van der Waals surface area contributed by atoms with E-state index in [4.69, 9.17) is 11.6 Å². The van der Waals surface area contributed by atoms with Gasteiger partial charge in [-0.15, -0.1) is 0 Å². The van der Waals surface area contributed by atoms with Crippen LogP contribution in [-0.4, -0.2) is 73.8 Å². The molecule has 2 heterocycles. The van der Waals surface area contributed by atoms with E-state index in [-0.39, 0.29) is 23.3 Å². The highest BCUT2D eigenvalue weighted by atomic mass is 35.5. The molecule has 0 spiro atoms. The normalized spacial score (nSPS) is 20.1. The van der Waals surface area contributed by atoms with Gasteiger partial charge in [-0.05, 0) is 102 Å². The Labute approximate surface area is 364 Å². The molecule has 10 nitrogen and oxygen atoms in total. The molecule has 0 saturated heterocycles. The number of nitrogens with zero attached hydrogens (tertiary/aromatic N) is 2. The van der Waals surface area contributed by atoms with Gasteiger partial charge < -0.3 is 10.2 Å². The second-order valence-electron chi connectivity index (χ2n) is 17.4. The fourth-order valence-corrected chi connectivity index (χ4v) is 11.1. The average Bonchev–Trinajstić information content (AvgIpc) is 3.57. The Morgan fingerprint density at radius 3 is 2.03 bits per heavy atom. The third-order valence-corrected chi connectivity index (χ3v) is 14.7. The molecule has 13 heteroatoms. The van der Waals surface area contributed by atoms with Crippen molar-refractivity contribution in [1.82, 2.24) is 5.32 Å². The molecule has 3 N–H and O–H groups in total. The molecule has 0 aromatic heterocycles. The lowest BCUT2D eigenvalue weighted by Gasteiger charge is -2.28. The van der Waals surface area contributed by atoms with E-state index >= 15 is 0 Å². The van der Waals surface area contributed by atoms with Crippen LogP contribution in [0, 0.1) is 5.92 Å². The highest BCUT2D eigenvalue weighted by molar-refractivity contribution is 7.86. The van der Waals surface area contributed by atoms with Crippen molar-refractivity contribution < 1.29 is 35.3 Å². The predicted octanol–water partition coefficient (Wildman–Crippen LogP) is 9.52. The Bertz CT molecular complexity index is 2800. The number of hydrogen-bond donors (Lipinski definition) is 3.